The van der Waals surface area contributed by atoms with Crippen molar-refractivity contribution in [3.8, 4) is 0 Å². The number of carbonyl (C=O) groups excluding carboxylic acids is 1. The lowest BCUT2D eigenvalue weighted by atomic mass is 10.0. The van der Waals surface area contributed by atoms with Crippen molar-refractivity contribution in [3.63, 3.8) is 0 Å². The van der Waals surface area contributed by atoms with E-state index in [-0.39, 0.29) is 5.78 Å². The van der Waals surface area contributed by atoms with E-state index in [0.717, 1.165) is 25.1 Å². The Kier molecular flexibility index (Phi) is 3.18. The second-order valence-electron chi connectivity index (χ2n) is 5.21. The lowest BCUT2D eigenvalue weighted by molar-refractivity contribution is 0.101. The monoisotopic (exact) mass is 266 g/mol. The highest BCUT2D eigenvalue weighted by Gasteiger charge is 2.19. The van der Waals surface area contributed by atoms with Gasteiger partial charge in [0, 0.05) is 17.8 Å². The zero-order valence-corrected chi connectivity index (χ0v) is 11.6. The summed E-state index contributed by atoms with van der Waals surface area (Å²) in [6.07, 6.45) is 2.23. The number of para-hydroxylation sites is 1. The average molecular weight is 266 g/mol. The quantitative estimate of drug-likeness (QED) is 0.668. The van der Waals surface area contributed by atoms with Crippen LogP contribution in [0.25, 0.3) is 0 Å². The van der Waals surface area contributed by atoms with E-state index in [1.807, 2.05) is 12.1 Å². The summed E-state index contributed by atoms with van der Waals surface area (Å²) in [5, 5.41) is 0. The molecule has 1 aliphatic heterocycles. The average Bonchev–Trinajstić information content (AvgIpc) is 2.46. The molecule has 2 aromatic carbocycles. The molecule has 0 atom stereocenters. The van der Waals surface area contributed by atoms with E-state index >= 15 is 0 Å². The fourth-order valence-corrected chi connectivity index (χ4v) is 2.80. The van der Waals surface area contributed by atoms with E-state index in [4.69, 9.17) is 5.73 Å². The van der Waals surface area contributed by atoms with Crippen molar-refractivity contribution in [2.75, 3.05) is 17.2 Å². The van der Waals surface area contributed by atoms with Gasteiger partial charge in [0.25, 0.3) is 0 Å². The molecule has 1 aliphatic rings. The van der Waals surface area contributed by atoms with Gasteiger partial charge in [-0.1, -0.05) is 18.2 Å². The van der Waals surface area contributed by atoms with Crippen molar-refractivity contribution in [2.24, 2.45) is 0 Å². The number of nitrogens with zero attached hydrogens (tertiary/aromatic N) is 1. The minimum atomic E-state index is 0.0438. The zero-order chi connectivity index (χ0) is 14.1. The first-order chi connectivity index (χ1) is 9.66. The van der Waals surface area contributed by atoms with Crippen molar-refractivity contribution in [1.29, 1.82) is 0 Å². The summed E-state index contributed by atoms with van der Waals surface area (Å²) in [5.74, 6) is 0.0438. The molecular formula is C17H18N2O. The van der Waals surface area contributed by atoms with E-state index < -0.39 is 0 Å². The molecule has 0 spiro atoms. The summed E-state index contributed by atoms with van der Waals surface area (Å²) in [6.45, 7) is 2.52. The standard InChI is InChI=1S/C17H18N2O/c1-12(20)14-8-9-17(15(18)11-14)19-10-4-6-13-5-2-3-7-16(13)19/h2-3,5,7-9,11H,4,6,10,18H2,1H3. The fraction of sp³-hybridized carbons (Fsp3) is 0.235. The van der Waals surface area contributed by atoms with Crippen molar-refractivity contribution in [3.05, 3.63) is 53.6 Å². The van der Waals surface area contributed by atoms with Crippen LogP contribution in [0.4, 0.5) is 17.1 Å². The Morgan fingerprint density at radius 2 is 1.95 bits per heavy atom. The van der Waals surface area contributed by atoms with Crippen molar-refractivity contribution < 1.29 is 4.79 Å². The van der Waals surface area contributed by atoms with Gasteiger partial charge < -0.3 is 10.6 Å². The topological polar surface area (TPSA) is 46.3 Å². The number of ketones is 1. The molecule has 2 aromatic rings. The van der Waals surface area contributed by atoms with Crippen molar-refractivity contribution in [2.45, 2.75) is 19.8 Å². The summed E-state index contributed by atoms with van der Waals surface area (Å²) in [6, 6.07) is 14.0. The second-order valence-corrected chi connectivity index (χ2v) is 5.21. The van der Waals surface area contributed by atoms with Crippen LogP contribution in [0.1, 0.15) is 29.3 Å². The maximum Gasteiger partial charge on any atom is 0.159 e. The van der Waals surface area contributed by atoms with Crippen LogP contribution >= 0.6 is 0 Å². The van der Waals surface area contributed by atoms with E-state index in [1.54, 1.807) is 13.0 Å². The molecule has 0 saturated heterocycles. The Labute approximate surface area is 119 Å². The van der Waals surface area contributed by atoms with Crippen molar-refractivity contribution >= 4 is 22.8 Å². The van der Waals surface area contributed by atoms with Crippen LogP contribution < -0.4 is 10.6 Å². The van der Waals surface area contributed by atoms with Gasteiger partial charge in [0.15, 0.2) is 5.78 Å². The summed E-state index contributed by atoms with van der Waals surface area (Å²) in [4.78, 5) is 13.7. The maximum atomic E-state index is 11.4. The lowest BCUT2D eigenvalue weighted by Crippen LogP contribution is -2.25. The third-order valence-corrected chi connectivity index (χ3v) is 3.84. The molecule has 2 N–H and O–H groups in total. The highest BCUT2D eigenvalue weighted by atomic mass is 16.1. The Morgan fingerprint density at radius 3 is 2.70 bits per heavy atom. The largest absolute Gasteiger partial charge is 0.397 e. The molecule has 3 rings (SSSR count). The van der Waals surface area contributed by atoms with Gasteiger partial charge in [-0.25, -0.2) is 0 Å². The number of nitrogens with two attached hydrogens (primary N) is 1. The van der Waals surface area contributed by atoms with Gasteiger partial charge in [-0.3, -0.25) is 4.79 Å². The molecule has 0 saturated carbocycles. The number of aryl methyl sites for hydroxylation is 1. The van der Waals surface area contributed by atoms with Gasteiger partial charge in [-0.2, -0.15) is 0 Å². The molecule has 0 unspecified atom stereocenters. The van der Waals surface area contributed by atoms with Crippen LogP contribution in [0.2, 0.25) is 0 Å². The van der Waals surface area contributed by atoms with Crippen LogP contribution in [0.15, 0.2) is 42.5 Å². The normalized spacial score (nSPS) is 13.9. The minimum absolute atomic E-state index is 0.0438. The van der Waals surface area contributed by atoms with E-state index in [0.29, 0.717) is 11.3 Å². The highest BCUT2D eigenvalue weighted by Crippen LogP contribution is 2.36. The molecule has 3 nitrogen and oxygen atoms in total. The van der Waals surface area contributed by atoms with Crippen LogP contribution in [0.5, 0.6) is 0 Å². The van der Waals surface area contributed by atoms with Crippen molar-refractivity contribution in [1.82, 2.24) is 0 Å². The van der Waals surface area contributed by atoms with Crippen LogP contribution in [-0.2, 0) is 6.42 Å². The van der Waals surface area contributed by atoms with Crippen LogP contribution in [-0.4, -0.2) is 12.3 Å². The summed E-state index contributed by atoms with van der Waals surface area (Å²) < 4.78 is 0. The SMILES string of the molecule is CC(=O)c1ccc(N2CCCc3ccccc32)c(N)c1. The molecule has 0 aliphatic carbocycles. The molecule has 0 amide bonds. The number of benzene rings is 2. The summed E-state index contributed by atoms with van der Waals surface area (Å²) in [5.41, 5.74) is 11.0. The van der Waals surface area contributed by atoms with Gasteiger partial charge in [-0.05, 0) is 49.6 Å². The third-order valence-electron chi connectivity index (χ3n) is 3.84. The number of hydrogen-bond donors (Lipinski definition) is 1. The van der Waals surface area contributed by atoms with Gasteiger partial charge in [0.2, 0.25) is 0 Å². The molecule has 20 heavy (non-hydrogen) atoms. The van der Waals surface area contributed by atoms with Gasteiger partial charge >= 0.3 is 0 Å². The lowest BCUT2D eigenvalue weighted by Gasteiger charge is -2.32. The Hall–Kier alpha value is -2.29. The van der Waals surface area contributed by atoms with Crippen LogP contribution in [0.3, 0.4) is 0 Å². The number of rotatable bonds is 2. The van der Waals surface area contributed by atoms with E-state index in [9.17, 15) is 4.79 Å². The zero-order valence-electron chi connectivity index (χ0n) is 11.6. The summed E-state index contributed by atoms with van der Waals surface area (Å²) >= 11 is 0. The first-order valence-electron chi connectivity index (χ1n) is 6.93. The number of anilines is 3. The Morgan fingerprint density at radius 1 is 1.15 bits per heavy atom. The van der Waals surface area contributed by atoms with Gasteiger partial charge in [0.1, 0.15) is 0 Å². The first-order valence-corrected chi connectivity index (χ1v) is 6.93. The predicted molar refractivity (Wildman–Crippen MR) is 82.6 cm³/mol. The molecule has 0 radical (unpaired) electrons. The molecular weight excluding hydrogens is 248 g/mol. The van der Waals surface area contributed by atoms with Gasteiger partial charge in [0.05, 0.1) is 11.4 Å². The minimum Gasteiger partial charge on any atom is -0.397 e. The number of carbonyl (C=O) groups is 1. The number of hydrogen-bond acceptors (Lipinski definition) is 3. The molecule has 3 heteroatoms. The highest BCUT2D eigenvalue weighted by molar-refractivity contribution is 5.96. The number of nitrogen functional groups attached to an aromatic ring is 1. The molecule has 102 valence electrons. The Bertz CT molecular complexity index is 664. The number of Topliss-reactive ketones (excluding diaryl/α,β-unsaturated/α-hetero) is 1. The Balaban J connectivity index is 2.04. The second kappa shape index (κ2) is 5.00. The van der Waals surface area contributed by atoms with Crippen LogP contribution in [0, 0.1) is 0 Å². The molecule has 0 bridgehead atoms. The predicted octanol–water partition coefficient (Wildman–Crippen LogP) is 3.56. The van der Waals surface area contributed by atoms with Gasteiger partial charge in [-0.15, -0.1) is 0 Å². The summed E-state index contributed by atoms with van der Waals surface area (Å²) in [7, 11) is 0. The fourth-order valence-electron chi connectivity index (χ4n) is 2.80. The third kappa shape index (κ3) is 2.16. The maximum absolute atomic E-state index is 11.4. The molecule has 0 fully saturated rings. The molecule has 0 aromatic heterocycles. The van der Waals surface area contributed by atoms with E-state index in [1.165, 1.54) is 11.3 Å². The number of fused-ring (bicyclic) bond motifs is 1. The van der Waals surface area contributed by atoms with E-state index in [2.05, 4.69) is 29.2 Å². The first kappa shape index (κ1) is 12.7. The smallest absolute Gasteiger partial charge is 0.159 e. The molecule has 1 heterocycles.